The van der Waals surface area contributed by atoms with Gasteiger partial charge in [-0.2, -0.15) is 0 Å². The maximum absolute atomic E-state index is 6.33. The van der Waals surface area contributed by atoms with Gasteiger partial charge in [-0.25, -0.2) is 4.98 Å². The highest BCUT2D eigenvalue weighted by Crippen LogP contribution is 2.43. The largest absolute Gasteiger partial charge is 0.487 e. The van der Waals surface area contributed by atoms with Crippen LogP contribution in [0.15, 0.2) is 24.5 Å². The van der Waals surface area contributed by atoms with Gasteiger partial charge in [-0.1, -0.05) is 12.1 Å². The van der Waals surface area contributed by atoms with E-state index < -0.39 is 0 Å². The van der Waals surface area contributed by atoms with E-state index in [2.05, 4.69) is 51.7 Å². The fourth-order valence-corrected chi connectivity index (χ4v) is 2.90. The number of nitrogens with two attached hydrogens (primary N) is 1. The highest BCUT2D eigenvalue weighted by Gasteiger charge is 2.33. The Morgan fingerprint density at radius 2 is 2.00 bits per heavy atom. The lowest BCUT2D eigenvalue weighted by Gasteiger charge is -2.22. The quantitative estimate of drug-likeness (QED) is 0.871. The van der Waals surface area contributed by atoms with Crippen molar-refractivity contribution in [1.82, 2.24) is 9.55 Å². The van der Waals surface area contributed by atoms with Crippen LogP contribution in [0, 0.1) is 0 Å². The summed E-state index contributed by atoms with van der Waals surface area (Å²) in [7, 11) is 0. The molecule has 0 saturated heterocycles. The van der Waals surface area contributed by atoms with Crippen LogP contribution >= 0.6 is 0 Å². The normalized spacial score (nSPS) is 16.6. The molecule has 0 bridgehead atoms. The molecule has 2 N–H and O–H groups in total. The van der Waals surface area contributed by atoms with Crippen LogP contribution in [0.2, 0.25) is 0 Å². The van der Waals surface area contributed by atoms with Crippen molar-refractivity contribution in [3.63, 3.8) is 0 Å². The molecular formula is C17H23N3O. The number of aromatic nitrogens is 2. The van der Waals surface area contributed by atoms with Crippen molar-refractivity contribution in [1.29, 1.82) is 0 Å². The third kappa shape index (κ3) is 2.28. The van der Waals surface area contributed by atoms with E-state index in [0.29, 0.717) is 5.82 Å². The number of fused-ring (bicyclic) bond motifs is 1. The van der Waals surface area contributed by atoms with E-state index in [1.165, 1.54) is 5.56 Å². The SMILES string of the molecule is CC1(C)Cc2cccc(-c3ncn(C(C)(C)C)c3N)c2O1. The topological polar surface area (TPSA) is 53.1 Å². The summed E-state index contributed by atoms with van der Waals surface area (Å²) in [6.07, 6.45) is 2.72. The van der Waals surface area contributed by atoms with E-state index in [1.807, 2.05) is 17.0 Å². The molecule has 3 rings (SSSR count). The second kappa shape index (κ2) is 4.26. The summed E-state index contributed by atoms with van der Waals surface area (Å²) < 4.78 is 8.13. The first-order valence-electron chi connectivity index (χ1n) is 7.34. The second-order valence-electron chi connectivity index (χ2n) is 7.35. The van der Waals surface area contributed by atoms with Crippen LogP contribution in [0.4, 0.5) is 5.82 Å². The Kier molecular flexibility index (Phi) is 2.84. The van der Waals surface area contributed by atoms with Gasteiger partial charge in [-0.15, -0.1) is 0 Å². The average Bonchev–Trinajstić information content (AvgIpc) is 2.86. The summed E-state index contributed by atoms with van der Waals surface area (Å²) >= 11 is 0. The molecule has 2 aromatic rings. The predicted octanol–water partition coefficient (Wildman–Crippen LogP) is 3.60. The van der Waals surface area contributed by atoms with Gasteiger partial charge in [-0.05, 0) is 46.2 Å². The molecule has 1 aromatic heterocycles. The van der Waals surface area contributed by atoms with Crippen LogP contribution in [-0.4, -0.2) is 15.2 Å². The van der Waals surface area contributed by atoms with E-state index in [9.17, 15) is 0 Å². The fraction of sp³-hybridized carbons (Fsp3) is 0.471. The molecule has 1 aliphatic heterocycles. The lowest BCUT2D eigenvalue weighted by Crippen LogP contribution is -2.24. The van der Waals surface area contributed by atoms with E-state index in [-0.39, 0.29) is 11.1 Å². The van der Waals surface area contributed by atoms with Crippen LogP contribution in [-0.2, 0) is 12.0 Å². The second-order valence-corrected chi connectivity index (χ2v) is 7.35. The van der Waals surface area contributed by atoms with E-state index >= 15 is 0 Å². The number of hydrogen-bond acceptors (Lipinski definition) is 3. The van der Waals surface area contributed by atoms with Crippen molar-refractivity contribution in [3.05, 3.63) is 30.1 Å². The standard InChI is InChI=1S/C17H23N3O/c1-16(2,3)20-10-19-13(15(20)18)12-8-6-7-11-9-17(4,5)21-14(11)12/h6-8,10H,9,18H2,1-5H3. The van der Waals surface area contributed by atoms with Gasteiger partial charge in [0.25, 0.3) is 0 Å². The molecule has 1 aromatic carbocycles. The van der Waals surface area contributed by atoms with Crippen LogP contribution in [0.1, 0.15) is 40.2 Å². The average molecular weight is 285 g/mol. The molecule has 0 radical (unpaired) electrons. The number of benzene rings is 1. The Morgan fingerprint density at radius 1 is 1.29 bits per heavy atom. The maximum Gasteiger partial charge on any atom is 0.133 e. The van der Waals surface area contributed by atoms with Crippen LogP contribution in [0.5, 0.6) is 5.75 Å². The van der Waals surface area contributed by atoms with Crippen molar-refractivity contribution in [2.45, 2.75) is 52.2 Å². The number of nitrogen functional groups attached to an aromatic ring is 1. The summed E-state index contributed by atoms with van der Waals surface area (Å²) in [6.45, 7) is 10.6. The number of ether oxygens (including phenoxy) is 1. The molecule has 0 amide bonds. The molecule has 0 unspecified atom stereocenters. The summed E-state index contributed by atoms with van der Waals surface area (Å²) in [6, 6.07) is 6.20. The van der Waals surface area contributed by atoms with Gasteiger partial charge in [0.2, 0.25) is 0 Å². The summed E-state index contributed by atoms with van der Waals surface area (Å²) in [5, 5.41) is 0. The molecule has 1 aliphatic rings. The summed E-state index contributed by atoms with van der Waals surface area (Å²) in [4.78, 5) is 4.54. The fourth-order valence-electron chi connectivity index (χ4n) is 2.90. The van der Waals surface area contributed by atoms with Crippen LogP contribution in [0.3, 0.4) is 0 Å². The van der Waals surface area contributed by atoms with Gasteiger partial charge in [0, 0.05) is 17.5 Å². The lowest BCUT2D eigenvalue weighted by atomic mass is 9.99. The molecule has 0 spiro atoms. The zero-order chi connectivity index (χ0) is 15.4. The third-order valence-electron chi connectivity index (χ3n) is 3.87. The molecule has 0 saturated carbocycles. The predicted molar refractivity (Wildman–Crippen MR) is 85.5 cm³/mol. The highest BCUT2D eigenvalue weighted by atomic mass is 16.5. The molecular weight excluding hydrogens is 262 g/mol. The zero-order valence-electron chi connectivity index (χ0n) is 13.4. The smallest absolute Gasteiger partial charge is 0.133 e. The van der Waals surface area contributed by atoms with Crippen molar-refractivity contribution in [2.24, 2.45) is 0 Å². The Morgan fingerprint density at radius 3 is 2.62 bits per heavy atom. The minimum absolute atomic E-state index is 0.0899. The highest BCUT2D eigenvalue weighted by molar-refractivity contribution is 5.77. The molecule has 0 atom stereocenters. The Balaban J connectivity index is 2.13. The van der Waals surface area contributed by atoms with Gasteiger partial charge in [0.05, 0.1) is 6.33 Å². The van der Waals surface area contributed by atoms with Gasteiger partial charge in [0.15, 0.2) is 0 Å². The van der Waals surface area contributed by atoms with E-state index in [0.717, 1.165) is 23.4 Å². The maximum atomic E-state index is 6.33. The van der Waals surface area contributed by atoms with E-state index in [4.69, 9.17) is 10.5 Å². The molecule has 0 fully saturated rings. The van der Waals surface area contributed by atoms with Crippen LogP contribution in [0.25, 0.3) is 11.3 Å². The van der Waals surface area contributed by atoms with Crippen molar-refractivity contribution >= 4 is 5.82 Å². The third-order valence-corrected chi connectivity index (χ3v) is 3.87. The zero-order valence-corrected chi connectivity index (χ0v) is 13.4. The number of para-hydroxylation sites is 1. The van der Waals surface area contributed by atoms with Gasteiger partial charge in [-0.3, -0.25) is 0 Å². The molecule has 0 aliphatic carbocycles. The monoisotopic (exact) mass is 285 g/mol. The first kappa shape index (κ1) is 14.0. The number of imidazole rings is 1. The van der Waals surface area contributed by atoms with Crippen LogP contribution < -0.4 is 10.5 Å². The molecule has 4 nitrogen and oxygen atoms in total. The number of anilines is 1. The van der Waals surface area contributed by atoms with Gasteiger partial charge < -0.3 is 15.0 Å². The molecule has 2 heterocycles. The Bertz CT molecular complexity index is 693. The number of nitrogens with zero attached hydrogens (tertiary/aromatic N) is 2. The van der Waals surface area contributed by atoms with E-state index in [1.54, 1.807) is 0 Å². The van der Waals surface area contributed by atoms with Gasteiger partial charge in [0.1, 0.15) is 22.9 Å². The lowest BCUT2D eigenvalue weighted by molar-refractivity contribution is 0.139. The molecule has 4 heteroatoms. The van der Waals surface area contributed by atoms with Crippen molar-refractivity contribution in [2.75, 3.05) is 5.73 Å². The molecule has 21 heavy (non-hydrogen) atoms. The first-order valence-corrected chi connectivity index (χ1v) is 7.34. The minimum Gasteiger partial charge on any atom is -0.487 e. The summed E-state index contributed by atoms with van der Waals surface area (Å²) in [5.41, 5.74) is 9.09. The minimum atomic E-state index is -0.167. The van der Waals surface area contributed by atoms with Crippen molar-refractivity contribution in [3.8, 4) is 17.0 Å². The molecule has 112 valence electrons. The Hall–Kier alpha value is -1.97. The summed E-state index contributed by atoms with van der Waals surface area (Å²) in [5.74, 6) is 1.61. The Labute approximate surface area is 125 Å². The first-order chi connectivity index (χ1) is 9.69. The number of hydrogen-bond donors (Lipinski definition) is 1. The van der Waals surface area contributed by atoms with Gasteiger partial charge >= 0.3 is 0 Å². The number of rotatable bonds is 1. The van der Waals surface area contributed by atoms with Crippen molar-refractivity contribution < 1.29 is 4.74 Å².